The number of anilines is 1. The molecule has 1 unspecified atom stereocenters. The fraction of sp³-hybridized carbons (Fsp3) is 0.621. The Morgan fingerprint density at radius 3 is 2.77 bits per heavy atom. The number of nitrogens with zero attached hydrogens (tertiary/aromatic N) is 2. The third kappa shape index (κ3) is 3.50. The van der Waals surface area contributed by atoms with E-state index in [1.54, 1.807) is 11.3 Å². The number of likely N-dealkylation sites (tertiary alicyclic amines) is 1. The van der Waals surface area contributed by atoms with E-state index in [0.29, 0.717) is 41.6 Å². The number of rotatable bonds is 3. The summed E-state index contributed by atoms with van der Waals surface area (Å²) in [5.74, 6) is 2.79. The number of aromatic nitrogens is 1. The highest BCUT2D eigenvalue weighted by molar-refractivity contribution is 7.22. The first-order valence-electron chi connectivity index (χ1n) is 13.3. The van der Waals surface area contributed by atoms with Crippen molar-refractivity contribution in [3.63, 3.8) is 0 Å². The number of fused-ring (bicyclic) bond motifs is 6. The van der Waals surface area contributed by atoms with Crippen LogP contribution in [0, 0.1) is 34.5 Å². The minimum atomic E-state index is 0.110. The van der Waals surface area contributed by atoms with Crippen molar-refractivity contribution >= 4 is 38.5 Å². The lowest BCUT2D eigenvalue weighted by molar-refractivity contribution is -0.136. The number of hydrogen-bond donors (Lipinski definition) is 1. The van der Waals surface area contributed by atoms with Crippen LogP contribution in [0.4, 0.5) is 5.13 Å². The van der Waals surface area contributed by atoms with Gasteiger partial charge in [-0.15, -0.1) is 0 Å². The van der Waals surface area contributed by atoms with Crippen LogP contribution in [0.25, 0.3) is 10.2 Å². The Bertz CT molecular complexity index is 1200. The van der Waals surface area contributed by atoms with Crippen molar-refractivity contribution in [1.82, 2.24) is 9.88 Å². The van der Waals surface area contributed by atoms with E-state index in [2.05, 4.69) is 37.1 Å². The average Bonchev–Trinajstić information content (AvgIpc) is 3.37. The zero-order valence-corrected chi connectivity index (χ0v) is 22.2. The molecule has 3 aliphatic carbocycles. The Balaban J connectivity index is 1.20. The summed E-state index contributed by atoms with van der Waals surface area (Å²) >= 11 is 1.55. The summed E-state index contributed by atoms with van der Waals surface area (Å²) in [6.45, 7) is 7.18. The highest BCUT2D eigenvalue weighted by atomic mass is 32.1. The molecule has 6 atom stereocenters. The molecule has 1 aliphatic heterocycles. The number of nitrogens with one attached hydrogen (secondary N) is 1. The highest BCUT2D eigenvalue weighted by Crippen LogP contribution is 2.67. The van der Waals surface area contributed by atoms with Crippen LogP contribution in [0.2, 0.25) is 0 Å². The number of hydrogen-bond acceptors (Lipinski definition) is 4. The van der Waals surface area contributed by atoms with Gasteiger partial charge in [0.1, 0.15) is 0 Å². The third-order valence-electron chi connectivity index (χ3n) is 10.5. The molecule has 4 aliphatic rings. The fourth-order valence-corrected chi connectivity index (χ4v) is 9.75. The number of piperidine rings is 1. The maximum absolute atomic E-state index is 13.1. The first-order chi connectivity index (χ1) is 16.7. The van der Waals surface area contributed by atoms with E-state index in [0.717, 1.165) is 29.5 Å². The maximum atomic E-state index is 13.1. The van der Waals surface area contributed by atoms with Crippen LogP contribution in [-0.2, 0) is 9.59 Å². The minimum absolute atomic E-state index is 0.110. The van der Waals surface area contributed by atoms with Gasteiger partial charge >= 0.3 is 0 Å². The predicted molar refractivity (Wildman–Crippen MR) is 141 cm³/mol. The molecule has 6 rings (SSSR count). The molecular formula is C29H37N3O2S. The maximum Gasteiger partial charge on any atom is 0.226 e. The summed E-state index contributed by atoms with van der Waals surface area (Å²) in [5.41, 5.74) is 4.02. The Labute approximate surface area is 212 Å². The quantitative estimate of drug-likeness (QED) is 0.525. The fourth-order valence-electron chi connectivity index (χ4n) is 8.87. The van der Waals surface area contributed by atoms with E-state index >= 15 is 0 Å². The SMILES string of the molecule is CC1=C2N(C)C(=O)CC[C@]2(C)[C@H]2CC[C@]3(C)C(CC(=O)Nc4nc5ccccc5s4)CC[C@H]3[C@@H]2C1. The topological polar surface area (TPSA) is 62.3 Å². The molecule has 1 N–H and O–H groups in total. The standard InChI is InChI=1S/C29H37N3O2S/c1-17-15-19-20-10-9-18(16-24(33)31-27-30-22-7-5-6-8-23(22)35-27)28(20,2)13-11-21(19)29(3)14-12-25(34)32(4)26(17)29/h5-8,18-21H,9-16H2,1-4H3,(H,30,31,33)/t18?,19-,20-,21-,28+,29+/m0/s1. The second-order valence-electron chi connectivity index (χ2n) is 12.1. The van der Waals surface area contributed by atoms with Crippen LogP contribution in [-0.4, -0.2) is 28.7 Å². The van der Waals surface area contributed by atoms with E-state index in [4.69, 9.17) is 0 Å². The highest BCUT2D eigenvalue weighted by Gasteiger charge is 2.60. The molecule has 6 heteroatoms. The third-order valence-corrected chi connectivity index (χ3v) is 11.4. The zero-order chi connectivity index (χ0) is 24.5. The van der Waals surface area contributed by atoms with Gasteiger partial charge in [-0.2, -0.15) is 0 Å². The average molecular weight is 492 g/mol. The summed E-state index contributed by atoms with van der Waals surface area (Å²) in [6, 6.07) is 8.04. The molecule has 1 aromatic carbocycles. The summed E-state index contributed by atoms with van der Waals surface area (Å²) in [6.07, 6.45) is 8.13. The van der Waals surface area contributed by atoms with Gasteiger partial charge in [-0.05, 0) is 86.7 Å². The number of amides is 2. The lowest BCUT2D eigenvalue weighted by Crippen LogP contribution is -2.54. The van der Waals surface area contributed by atoms with Gasteiger partial charge in [0, 0.05) is 31.0 Å². The summed E-state index contributed by atoms with van der Waals surface area (Å²) in [5, 5.41) is 3.82. The Kier molecular flexibility index (Phi) is 5.41. The molecular weight excluding hydrogens is 454 g/mol. The number of carbonyl (C=O) groups is 2. The van der Waals surface area contributed by atoms with Crippen molar-refractivity contribution in [2.45, 2.75) is 72.1 Å². The molecule has 186 valence electrons. The van der Waals surface area contributed by atoms with Crippen LogP contribution in [0.1, 0.15) is 72.1 Å². The number of para-hydroxylation sites is 1. The van der Waals surface area contributed by atoms with E-state index in [1.165, 1.54) is 30.5 Å². The minimum Gasteiger partial charge on any atom is -0.319 e. The molecule has 0 bridgehead atoms. The van der Waals surface area contributed by atoms with Crippen molar-refractivity contribution in [3.8, 4) is 0 Å². The Hall–Kier alpha value is -2.21. The molecule has 1 saturated heterocycles. The van der Waals surface area contributed by atoms with E-state index < -0.39 is 0 Å². The van der Waals surface area contributed by atoms with Gasteiger partial charge in [0.15, 0.2) is 5.13 Å². The molecule has 3 fully saturated rings. The van der Waals surface area contributed by atoms with Gasteiger partial charge in [0.2, 0.25) is 11.8 Å². The summed E-state index contributed by atoms with van der Waals surface area (Å²) in [7, 11) is 1.99. The molecule has 0 radical (unpaired) electrons. The Morgan fingerprint density at radius 1 is 1.17 bits per heavy atom. The zero-order valence-electron chi connectivity index (χ0n) is 21.4. The largest absolute Gasteiger partial charge is 0.319 e. The van der Waals surface area contributed by atoms with Crippen molar-refractivity contribution in [2.24, 2.45) is 34.5 Å². The van der Waals surface area contributed by atoms with Crippen LogP contribution in [0.15, 0.2) is 35.5 Å². The van der Waals surface area contributed by atoms with E-state index in [1.807, 2.05) is 30.1 Å². The normalized spacial score (nSPS) is 36.7. The molecule has 2 aromatic rings. The molecule has 1 aromatic heterocycles. The van der Waals surface area contributed by atoms with Gasteiger partial charge < -0.3 is 10.2 Å². The number of thiazole rings is 1. The number of carbonyl (C=O) groups excluding carboxylic acids is 2. The van der Waals surface area contributed by atoms with Crippen LogP contribution < -0.4 is 5.32 Å². The van der Waals surface area contributed by atoms with Gasteiger partial charge in [-0.3, -0.25) is 9.59 Å². The van der Waals surface area contributed by atoms with Crippen molar-refractivity contribution < 1.29 is 9.59 Å². The Morgan fingerprint density at radius 2 is 1.97 bits per heavy atom. The van der Waals surface area contributed by atoms with Crippen molar-refractivity contribution in [1.29, 1.82) is 0 Å². The number of allylic oxidation sites excluding steroid dienone is 2. The van der Waals surface area contributed by atoms with Gasteiger partial charge in [-0.1, -0.05) is 42.9 Å². The summed E-state index contributed by atoms with van der Waals surface area (Å²) < 4.78 is 1.11. The number of benzene rings is 1. The van der Waals surface area contributed by atoms with Crippen LogP contribution in [0.3, 0.4) is 0 Å². The second kappa shape index (κ2) is 8.16. The molecule has 35 heavy (non-hydrogen) atoms. The van der Waals surface area contributed by atoms with Crippen LogP contribution in [0.5, 0.6) is 0 Å². The monoisotopic (exact) mass is 491 g/mol. The second-order valence-corrected chi connectivity index (χ2v) is 13.2. The molecule has 5 nitrogen and oxygen atoms in total. The summed E-state index contributed by atoms with van der Waals surface area (Å²) in [4.78, 5) is 32.2. The molecule has 2 heterocycles. The van der Waals surface area contributed by atoms with Gasteiger partial charge in [0.05, 0.1) is 10.2 Å². The van der Waals surface area contributed by atoms with Crippen molar-refractivity contribution in [2.75, 3.05) is 12.4 Å². The first-order valence-corrected chi connectivity index (χ1v) is 14.1. The molecule has 2 amide bonds. The predicted octanol–water partition coefficient (Wildman–Crippen LogP) is 6.62. The lowest BCUT2D eigenvalue weighted by Gasteiger charge is -2.59. The van der Waals surface area contributed by atoms with Crippen LogP contribution >= 0.6 is 11.3 Å². The van der Waals surface area contributed by atoms with Crippen molar-refractivity contribution in [3.05, 3.63) is 35.5 Å². The molecule has 0 spiro atoms. The van der Waals surface area contributed by atoms with E-state index in [9.17, 15) is 9.59 Å². The lowest BCUT2D eigenvalue weighted by atomic mass is 9.48. The first kappa shape index (κ1) is 23.2. The van der Waals surface area contributed by atoms with Gasteiger partial charge in [-0.25, -0.2) is 4.98 Å². The van der Waals surface area contributed by atoms with Gasteiger partial charge in [0.25, 0.3) is 0 Å². The smallest absolute Gasteiger partial charge is 0.226 e. The molecule has 2 saturated carbocycles. The van der Waals surface area contributed by atoms with E-state index in [-0.39, 0.29) is 22.6 Å².